The Hall–Kier alpha value is -2.18. The van der Waals surface area contributed by atoms with Gasteiger partial charge in [0, 0.05) is 17.6 Å². The minimum atomic E-state index is -1.20. The van der Waals surface area contributed by atoms with Gasteiger partial charge in [-0.3, -0.25) is 4.79 Å². The number of hydrogen-bond donors (Lipinski definition) is 3. The van der Waals surface area contributed by atoms with Crippen LogP contribution < -0.4 is 15.8 Å². The van der Waals surface area contributed by atoms with E-state index in [0.717, 1.165) is 10.5 Å². The van der Waals surface area contributed by atoms with E-state index >= 15 is 0 Å². The van der Waals surface area contributed by atoms with Crippen molar-refractivity contribution in [2.45, 2.75) is 16.2 Å². The molecule has 122 valence electrons. The number of carbonyl (C=O) groups is 1. The topological polar surface area (TPSA) is 84.6 Å². The van der Waals surface area contributed by atoms with Crippen molar-refractivity contribution in [3.63, 3.8) is 0 Å². The lowest BCUT2D eigenvalue weighted by Crippen LogP contribution is -2.35. The number of nitrogens with one attached hydrogen (secondary N) is 1. The molecule has 0 unspecified atom stereocenters. The molecule has 0 aliphatic heterocycles. The van der Waals surface area contributed by atoms with Crippen molar-refractivity contribution in [1.82, 2.24) is 5.32 Å². The van der Waals surface area contributed by atoms with Crippen LogP contribution in [-0.2, 0) is 4.79 Å². The molecule has 0 aliphatic carbocycles. The van der Waals surface area contributed by atoms with Gasteiger partial charge in [-0.25, -0.2) is 0 Å². The molecule has 4 N–H and O–H groups in total. The van der Waals surface area contributed by atoms with Crippen LogP contribution in [0.2, 0.25) is 0 Å². The molecule has 0 fully saturated rings. The Bertz CT molecular complexity index is 661. The molecule has 2 rings (SSSR count). The first-order valence-electron chi connectivity index (χ1n) is 7.11. The van der Waals surface area contributed by atoms with Gasteiger partial charge in [0.25, 0.3) is 0 Å². The maximum Gasteiger partial charge on any atom is 0.250 e. The van der Waals surface area contributed by atoms with Crippen LogP contribution >= 0.6 is 11.8 Å². The third-order valence-corrected chi connectivity index (χ3v) is 4.83. The molecular formula is C17H20N2O3S. The number of carbonyl (C=O) groups excluding carboxylic acids is 1. The Labute approximate surface area is 139 Å². The first-order valence-corrected chi connectivity index (χ1v) is 7.99. The predicted octanol–water partition coefficient (Wildman–Crippen LogP) is 2.22. The van der Waals surface area contributed by atoms with Crippen LogP contribution in [0, 0.1) is 0 Å². The van der Waals surface area contributed by atoms with E-state index in [1.54, 1.807) is 25.3 Å². The van der Waals surface area contributed by atoms with Gasteiger partial charge >= 0.3 is 0 Å². The number of nitrogen functional groups attached to an aromatic ring is 1. The fourth-order valence-electron chi connectivity index (χ4n) is 2.12. The number of para-hydroxylation sites is 1. The van der Waals surface area contributed by atoms with Gasteiger partial charge in [-0.15, -0.1) is 11.8 Å². The molecule has 0 aromatic heterocycles. The minimum Gasteiger partial charge on any atom is -0.497 e. The Morgan fingerprint density at radius 3 is 2.43 bits per heavy atom. The van der Waals surface area contributed by atoms with Crippen LogP contribution in [0.4, 0.5) is 5.69 Å². The van der Waals surface area contributed by atoms with Crippen molar-refractivity contribution in [2.75, 3.05) is 19.9 Å². The molecule has 0 spiro atoms. The third-order valence-electron chi connectivity index (χ3n) is 3.42. The van der Waals surface area contributed by atoms with Gasteiger partial charge in [-0.1, -0.05) is 24.3 Å². The second-order valence-corrected chi connectivity index (χ2v) is 6.09. The number of thioether (sulfide) groups is 1. The van der Waals surface area contributed by atoms with Crippen molar-refractivity contribution >= 4 is 23.4 Å². The number of benzene rings is 2. The summed E-state index contributed by atoms with van der Waals surface area (Å²) in [6.45, 7) is 0. The van der Waals surface area contributed by atoms with Crippen molar-refractivity contribution in [3.8, 4) is 5.75 Å². The van der Waals surface area contributed by atoms with E-state index < -0.39 is 17.3 Å². The molecule has 0 saturated heterocycles. The third kappa shape index (κ3) is 4.18. The molecule has 0 aliphatic rings. The summed E-state index contributed by atoms with van der Waals surface area (Å²) in [4.78, 5) is 12.7. The fraction of sp³-hybridized carbons (Fsp3) is 0.235. The number of amides is 1. The number of likely N-dealkylation sites (N-methyl/N-ethyl adjacent to an activating group) is 1. The number of nitrogens with two attached hydrogens (primary N) is 1. The van der Waals surface area contributed by atoms with E-state index in [2.05, 4.69) is 5.32 Å². The Balaban J connectivity index is 2.34. The lowest BCUT2D eigenvalue weighted by molar-refractivity contribution is -0.128. The maximum absolute atomic E-state index is 11.9. The van der Waals surface area contributed by atoms with Crippen molar-refractivity contribution in [1.29, 1.82) is 0 Å². The van der Waals surface area contributed by atoms with Gasteiger partial charge in [-0.05, 0) is 29.8 Å². The van der Waals surface area contributed by atoms with Gasteiger partial charge in [0.15, 0.2) is 0 Å². The number of ether oxygens (including phenoxy) is 1. The maximum atomic E-state index is 11.9. The zero-order chi connectivity index (χ0) is 16.8. The van der Waals surface area contributed by atoms with E-state index in [-0.39, 0.29) is 0 Å². The number of anilines is 1. The van der Waals surface area contributed by atoms with Crippen molar-refractivity contribution in [3.05, 3.63) is 54.1 Å². The lowest BCUT2D eigenvalue weighted by atomic mass is 10.1. The predicted molar refractivity (Wildman–Crippen MR) is 92.5 cm³/mol. The second-order valence-electron chi connectivity index (χ2n) is 4.91. The summed E-state index contributed by atoms with van der Waals surface area (Å²) in [6, 6.07) is 14.6. The molecule has 0 bridgehead atoms. The van der Waals surface area contributed by atoms with Gasteiger partial charge < -0.3 is 20.9 Å². The standard InChI is InChI=1S/C17H20N2O3S/c1-19-17(21)15(20)16(11-7-9-12(22-2)10-8-11)23-14-6-4-3-5-13(14)18/h3-10,15-16,20H,18H2,1-2H3,(H,19,21)/t15-,16+/m1/s1. The van der Waals surface area contributed by atoms with Crippen LogP contribution in [0.5, 0.6) is 5.75 Å². The molecule has 2 atom stereocenters. The van der Waals surface area contributed by atoms with Crippen LogP contribution in [0.25, 0.3) is 0 Å². The van der Waals surface area contributed by atoms with E-state index in [1.165, 1.54) is 18.8 Å². The van der Waals surface area contributed by atoms with Crippen LogP contribution in [0.15, 0.2) is 53.4 Å². The van der Waals surface area contributed by atoms with Crippen molar-refractivity contribution in [2.24, 2.45) is 0 Å². The van der Waals surface area contributed by atoms with Crippen LogP contribution in [-0.4, -0.2) is 31.3 Å². The number of rotatable bonds is 6. The highest BCUT2D eigenvalue weighted by atomic mass is 32.2. The molecular weight excluding hydrogens is 312 g/mol. The van der Waals surface area contributed by atoms with Gasteiger partial charge in [0.05, 0.1) is 12.4 Å². The monoisotopic (exact) mass is 332 g/mol. The summed E-state index contributed by atoms with van der Waals surface area (Å²) >= 11 is 1.36. The molecule has 1 amide bonds. The molecule has 23 heavy (non-hydrogen) atoms. The molecule has 2 aromatic rings. The molecule has 2 aromatic carbocycles. The summed E-state index contributed by atoms with van der Waals surface area (Å²) in [6.07, 6.45) is -1.20. The SMILES string of the molecule is CNC(=O)[C@H](O)[C@@H](Sc1ccccc1N)c1ccc(OC)cc1. The highest BCUT2D eigenvalue weighted by molar-refractivity contribution is 7.99. The molecule has 0 saturated carbocycles. The Morgan fingerprint density at radius 1 is 1.22 bits per heavy atom. The second kappa shape index (κ2) is 7.89. The number of hydrogen-bond acceptors (Lipinski definition) is 5. The number of aliphatic hydroxyl groups is 1. The fourth-order valence-corrected chi connectivity index (χ4v) is 3.30. The summed E-state index contributed by atoms with van der Waals surface area (Å²) < 4.78 is 5.15. The number of aliphatic hydroxyl groups excluding tert-OH is 1. The van der Waals surface area contributed by atoms with E-state index in [4.69, 9.17) is 10.5 Å². The molecule has 5 nitrogen and oxygen atoms in total. The van der Waals surface area contributed by atoms with E-state index in [0.29, 0.717) is 11.4 Å². The molecule has 6 heteroatoms. The first-order chi connectivity index (χ1) is 11.1. The Morgan fingerprint density at radius 2 is 1.87 bits per heavy atom. The quantitative estimate of drug-likeness (QED) is 0.558. The minimum absolute atomic E-state index is 0.437. The van der Waals surface area contributed by atoms with Gasteiger partial charge in [0.1, 0.15) is 11.9 Å². The Kier molecular flexibility index (Phi) is 5.90. The smallest absolute Gasteiger partial charge is 0.250 e. The largest absolute Gasteiger partial charge is 0.497 e. The summed E-state index contributed by atoms with van der Waals surface area (Å²) in [5, 5.41) is 12.4. The zero-order valence-electron chi connectivity index (χ0n) is 13.0. The summed E-state index contributed by atoms with van der Waals surface area (Å²) in [5.41, 5.74) is 7.40. The lowest BCUT2D eigenvalue weighted by Gasteiger charge is -2.22. The normalized spacial score (nSPS) is 13.2. The number of methoxy groups -OCH3 is 1. The summed E-state index contributed by atoms with van der Waals surface area (Å²) in [5.74, 6) is 0.277. The highest BCUT2D eigenvalue weighted by Crippen LogP contribution is 2.40. The first kappa shape index (κ1) is 17.2. The average molecular weight is 332 g/mol. The molecule has 0 heterocycles. The average Bonchev–Trinajstić information content (AvgIpc) is 2.60. The highest BCUT2D eigenvalue weighted by Gasteiger charge is 2.28. The van der Waals surface area contributed by atoms with Gasteiger partial charge in [0.2, 0.25) is 5.91 Å². The van der Waals surface area contributed by atoms with Crippen LogP contribution in [0.1, 0.15) is 10.8 Å². The van der Waals surface area contributed by atoms with Crippen LogP contribution in [0.3, 0.4) is 0 Å². The van der Waals surface area contributed by atoms with E-state index in [9.17, 15) is 9.90 Å². The van der Waals surface area contributed by atoms with E-state index in [1.807, 2.05) is 30.3 Å². The zero-order valence-corrected chi connectivity index (χ0v) is 13.8. The van der Waals surface area contributed by atoms with Gasteiger partial charge in [-0.2, -0.15) is 0 Å². The summed E-state index contributed by atoms with van der Waals surface area (Å²) in [7, 11) is 3.09. The molecule has 0 radical (unpaired) electrons. The van der Waals surface area contributed by atoms with Crippen molar-refractivity contribution < 1.29 is 14.6 Å².